The van der Waals surface area contributed by atoms with Gasteiger partial charge in [-0.25, -0.2) is 0 Å². The van der Waals surface area contributed by atoms with Crippen molar-refractivity contribution < 1.29 is 0 Å². The molecular weight excluding hydrogens is 220 g/mol. The second-order valence-corrected chi connectivity index (χ2v) is 6.82. The SMILES string of the molecule is CCCC1CN(CC2CCC(C)CC2)C(C)CN1. The van der Waals surface area contributed by atoms with E-state index >= 15 is 0 Å². The molecule has 2 rings (SSSR count). The van der Waals surface area contributed by atoms with Gasteiger partial charge in [0.15, 0.2) is 0 Å². The van der Waals surface area contributed by atoms with Gasteiger partial charge in [-0.2, -0.15) is 0 Å². The summed E-state index contributed by atoms with van der Waals surface area (Å²) in [6.45, 7) is 10.9. The second-order valence-electron chi connectivity index (χ2n) is 6.82. The molecule has 2 atom stereocenters. The van der Waals surface area contributed by atoms with E-state index in [-0.39, 0.29) is 0 Å². The molecule has 2 unspecified atom stereocenters. The van der Waals surface area contributed by atoms with E-state index in [4.69, 9.17) is 0 Å². The zero-order valence-electron chi connectivity index (χ0n) is 12.6. The largest absolute Gasteiger partial charge is 0.311 e. The lowest BCUT2D eigenvalue weighted by Crippen LogP contribution is -2.56. The third-order valence-electron chi connectivity index (χ3n) is 5.05. The summed E-state index contributed by atoms with van der Waals surface area (Å²) in [5.41, 5.74) is 0. The van der Waals surface area contributed by atoms with Crippen LogP contribution in [0.3, 0.4) is 0 Å². The third kappa shape index (κ3) is 3.96. The molecule has 1 aliphatic heterocycles. The van der Waals surface area contributed by atoms with Crippen LogP contribution in [0.4, 0.5) is 0 Å². The normalized spacial score (nSPS) is 38.8. The van der Waals surface area contributed by atoms with Crippen molar-refractivity contribution in [3.8, 4) is 0 Å². The maximum absolute atomic E-state index is 3.70. The van der Waals surface area contributed by atoms with Crippen molar-refractivity contribution in [2.75, 3.05) is 19.6 Å². The molecule has 2 nitrogen and oxygen atoms in total. The zero-order valence-corrected chi connectivity index (χ0v) is 12.6. The standard InChI is InChI=1S/C16H32N2/c1-4-5-16-12-18(14(3)10-17-16)11-15-8-6-13(2)7-9-15/h13-17H,4-12H2,1-3H3. The number of nitrogens with zero attached hydrogens (tertiary/aromatic N) is 1. The first-order valence-corrected chi connectivity index (χ1v) is 8.16. The van der Waals surface area contributed by atoms with Crippen LogP contribution in [0.5, 0.6) is 0 Å². The Morgan fingerprint density at radius 2 is 1.83 bits per heavy atom. The summed E-state index contributed by atoms with van der Waals surface area (Å²) in [5, 5.41) is 3.70. The highest BCUT2D eigenvalue weighted by Crippen LogP contribution is 2.29. The lowest BCUT2D eigenvalue weighted by molar-refractivity contribution is 0.101. The van der Waals surface area contributed by atoms with Crippen LogP contribution >= 0.6 is 0 Å². The van der Waals surface area contributed by atoms with E-state index in [9.17, 15) is 0 Å². The minimum absolute atomic E-state index is 0.734. The molecular formula is C16H32N2. The average molecular weight is 252 g/mol. The van der Waals surface area contributed by atoms with Gasteiger partial charge in [0, 0.05) is 31.7 Å². The van der Waals surface area contributed by atoms with Gasteiger partial charge in [-0.15, -0.1) is 0 Å². The minimum Gasteiger partial charge on any atom is -0.311 e. The number of nitrogens with one attached hydrogen (secondary N) is 1. The van der Waals surface area contributed by atoms with Crippen molar-refractivity contribution in [3.63, 3.8) is 0 Å². The Kier molecular flexibility index (Phi) is 5.50. The zero-order chi connectivity index (χ0) is 13.0. The summed E-state index contributed by atoms with van der Waals surface area (Å²) in [6.07, 6.45) is 8.51. The van der Waals surface area contributed by atoms with E-state index in [0.717, 1.165) is 23.9 Å². The molecule has 2 fully saturated rings. The molecule has 0 spiro atoms. The van der Waals surface area contributed by atoms with Crippen LogP contribution in [0.2, 0.25) is 0 Å². The van der Waals surface area contributed by atoms with Crippen LogP contribution in [-0.4, -0.2) is 36.6 Å². The highest BCUT2D eigenvalue weighted by Gasteiger charge is 2.27. The molecule has 0 amide bonds. The summed E-state index contributed by atoms with van der Waals surface area (Å²) in [7, 11) is 0. The van der Waals surface area contributed by atoms with E-state index in [0.29, 0.717) is 0 Å². The molecule has 0 radical (unpaired) electrons. The molecule has 1 N–H and O–H groups in total. The molecule has 1 saturated heterocycles. The van der Waals surface area contributed by atoms with E-state index in [1.165, 1.54) is 58.2 Å². The van der Waals surface area contributed by atoms with Crippen LogP contribution in [0.15, 0.2) is 0 Å². The highest BCUT2D eigenvalue weighted by atomic mass is 15.2. The van der Waals surface area contributed by atoms with Crippen molar-refractivity contribution in [1.29, 1.82) is 0 Å². The van der Waals surface area contributed by atoms with Gasteiger partial charge in [-0.3, -0.25) is 4.90 Å². The van der Waals surface area contributed by atoms with Gasteiger partial charge in [0.2, 0.25) is 0 Å². The summed E-state index contributed by atoms with van der Waals surface area (Å²) < 4.78 is 0. The maximum atomic E-state index is 3.70. The fourth-order valence-electron chi connectivity index (χ4n) is 3.63. The summed E-state index contributed by atoms with van der Waals surface area (Å²) >= 11 is 0. The van der Waals surface area contributed by atoms with Crippen LogP contribution in [0.1, 0.15) is 59.3 Å². The van der Waals surface area contributed by atoms with Crippen molar-refractivity contribution in [2.45, 2.75) is 71.4 Å². The van der Waals surface area contributed by atoms with Crippen molar-refractivity contribution in [3.05, 3.63) is 0 Å². The first-order chi connectivity index (χ1) is 8.69. The van der Waals surface area contributed by atoms with Crippen LogP contribution in [0.25, 0.3) is 0 Å². The third-order valence-corrected chi connectivity index (χ3v) is 5.05. The predicted octanol–water partition coefficient (Wildman–Crippen LogP) is 3.28. The van der Waals surface area contributed by atoms with E-state index in [1.54, 1.807) is 0 Å². The average Bonchev–Trinajstić information content (AvgIpc) is 2.36. The molecule has 0 aromatic rings. The summed E-state index contributed by atoms with van der Waals surface area (Å²) in [6, 6.07) is 1.48. The van der Waals surface area contributed by atoms with Crippen LogP contribution < -0.4 is 5.32 Å². The van der Waals surface area contributed by atoms with E-state index in [1.807, 2.05) is 0 Å². The molecule has 2 aliphatic rings. The number of hydrogen-bond acceptors (Lipinski definition) is 2. The monoisotopic (exact) mass is 252 g/mol. The van der Waals surface area contributed by atoms with Gasteiger partial charge in [-0.05, 0) is 38.0 Å². The molecule has 1 saturated carbocycles. The fourth-order valence-corrected chi connectivity index (χ4v) is 3.63. The topological polar surface area (TPSA) is 15.3 Å². The molecule has 0 aromatic heterocycles. The Morgan fingerprint density at radius 1 is 1.11 bits per heavy atom. The molecule has 0 aromatic carbocycles. The van der Waals surface area contributed by atoms with Crippen LogP contribution in [0, 0.1) is 11.8 Å². The van der Waals surface area contributed by atoms with Crippen molar-refractivity contribution >= 4 is 0 Å². The molecule has 106 valence electrons. The molecule has 1 heterocycles. The summed E-state index contributed by atoms with van der Waals surface area (Å²) in [4.78, 5) is 2.76. The molecule has 2 heteroatoms. The Hall–Kier alpha value is -0.0800. The van der Waals surface area contributed by atoms with Gasteiger partial charge in [0.25, 0.3) is 0 Å². The first-order valence-electron chi connectivity index (χ1n) is 8.16. The Labute approximate surface area is 114 Å². The molecule has 1 aliphatic carbocycles. The van der Waals surface area contributed by atoms with Gasteiger partial charge in [0.05, 0.1) is 0 Å². The number of rotatable bonds is 4. The van der Waals surface area contributed by atoms with Gasteiger partial charge >= 0.3 is 0 Å². The lowest BCUT2D eigenvalue weighted by Gasteiger charge is -2.41. The Bertz CT molecular complexity index is 233. The molecule has 0 bridgehead atoms. The Morgan fingerprint density at radius 3 is 2.50 bits per heavy atom. The van der Waals surface area contributed by atoms with Gasteiger partial charge in [-0.1, -0.05) is 33.1 Å². The fraction of sp³-hybridized carbons (Fsp3) is 1.00. The minimum atomic E-state index is 0.734. The highest BCUT2D eigenvalue weighted by molar-refractivity contribution is 4.85. The second kappa shape index (κ2) is 6.91. The lowest BCUT2D eigenvalue weighted by atomic mass is 9.82. The maximum Gasteiger partial charge on any atom is 0.0195 e. The quantitative estimate of drug-likeness (QED) is 0.826. The Balaban J connectivity index is 1.79. The first kappa shape index (κ1) is 14.3. The number of hydrogen-bond donors (Lipinski definition) is 1. The predicted molar refractivity (Wildman–Crippen MR) is 78.9 cm³/mol. The van der Waals surface area contributed by atoms with Crippen molar-refractivity contribution in [1.82, 2.24) is 10.2 Å². The van der Waals surface area contributed by atoms with Crippen LogP contribution in [-0.2, 0) is 0 Å². The smallest absolute Gasteiger partial charge is 0.0195 e. The van der Waals surface area contributed by atoms with E-state index < -0.39 is 0 Å². The molecule has 18 heavy (non-hydrogen) atoms. The number of piperazine rings is 1. The van der Waals surface area contributed by atoms with Gasteiger partial charge in [0.1, 0.15) is 0 Å². The van der Waals surface area contributed by atoms with E-state index in [2.05, 4.69) is 31.0 Å². The van der Waals surface area contributed by atoms with Crippen molar-refractivity contribution in [2.24, 2.45) is 11.8 Å². The van der Waals surface area contributed by atoms with Gasteiger partial charge < -0.3 is 5.32 Å². The summed E-state index contributed by atoms with van der Waals surface area (Å²) in [5.74, 6) is 1.96.